The summed E-state index contributed by atoms with van der Waals surface area (Å²) in [6.07, 6.45) is 1.56. The second kappa shape index (κ2) is 3.82. The first-order valence-corrected chi connectivity index (χ1v) is 4.58. The molecule has 3 nitrogen and oxygen atoms in total. The van der Waals surface area contributed by atoms with Gasteiger partial charge in [-0.25, -0.2) is 4.98 Å². The molecule has 5 heteroatoms. The highest BCUT2D eigenvalue weighted by Gasteiger charge is 2.07. The van der Waals surface area contributed by atoms with Crippen molar-refractivity contribution in [1.29, 1.82) is 0 Å². The molecule has 0 bridgehead atoms. The van der Waals surface area contributed by atoms with E-state index in [0.717, 1.165) is 0 Å². The van der Waals surface area contributed by atoms with Gasteiger partial charge in [0.25, 0.3) is 0 Å². The molecule has 0 radical (unpaired) electrons. The van der Waals surface area contributed by atoms with Crippen molar-refractivity contribution in [2.75, 3.05) is 5.73 Å². The molecule has 0 saturated heterocycles. The summed E-state index contributed by atoms with van der Waals surface area (Å²) in [5, 5.41) is 0.0769. The number of nitrogens with zero attached hydrogens (tertiary/aromatic N) is 2. The van der Waals surface area contributed by atoms with Gasteiger partial charge in [-0.05, 0) is 24.3 Å². The number of nitrogen functional groups attached to an aromatic ring is 1. The number of pyridine rings is 2. The maximum Gasteiger partial charge on any atom is 0.214 e. The first-order valence-electron chi connectivity index (χ1n) is 4.21. The van der Waals surface area contributed by atoms with Crippen LogP contribution in [0.25, 0.3) is 11.3 Å². The third-order valence-corrected chi connectivity index (χ3v) is 2.16. The van der Waals surface area contributed by atoms with E-state index in [2.05, 4.69) is 9.97 Å². The van der Waals surface area contributed by atoms with E-state index in [9.17, 15) is 4.39 Å². The summed E-state index contributed by atoms with van der Waals surface area (Å²) in [6.45, 7) is 0. The maximum absolute atomic E-state index is 12.7. The van der Waals surface area contributed by atoms with Crippen LogP contribution in [0.3, 0.4) is 0 Å². The van der Waals surface area contributed by atoms with Crippen molar-refractivity contribution in [2.45, 2.75) is 0 Å². The highest BCUT2D eigenvalue weighted by atomic mass is 35.5. The lowest BCUT2D eigenvalue weighted by Gasteiger charge is -2.03. The van der Waals surface area contributed by atoms with Crippen molar-refractivity contribution in [3.8, 4) is 11.3 Å². The first kappa shape index (κ1) is 9.86. The van der Waals surface area contributed by atoms with Crippen LogP contribution in [0.15, 0.2) is 30.5 Å². The fraction of sp³-hybridized carbons (Fsp3) is 0. The van der Waals surface area contributed by atoms with E-state index in [1.54, 1.807) is 18.3 Å². The second-order valence-electron chi connectivity index (χ2n) is 2.95. The SMILES string of the molecule is Nc1ccnc(-c2ccc(F)nc2Cl)c1. The molecule has 2 heterocycles. The second-order valence-corrected chi connectivity index (χ2v) is 3.30. The minimum absolute atomic E-state index is 0.0769. The van der Waals surface area contributed by atoms with Gasteiger partial charge in [0, 0.05) is 17.4 Å². The Bertz CT molecular complexity index is 502. The van der Waals surface area contributed by atoms with E-state index in [1.807, 2.05) is 0 Å². The standard InChI is InChI=1S/C10H7ClFN3/c11-10-7(1-2-9(12)15-10)8-5-6(13)3-4-14-8/h1-5H,(H2,13,14). The lowest BCUT2D eigenvalue weighted by Crippen LogP contribution is -1.91. The zero-order chi connectivity index (χ0) is 10.8. The average molecular weight is 224 g/mol. The van der Waals surface area contributed by atoms with Crippen molar-refractivity contribution in [2.24, 2.45) is 0 Å². The van der Waals surface area contributed by atoms with Crippen LogP contribution in [0.5, 0.6) is 0 Å². The smallest absolute Gasteiger partial charge is 0.214 e. The lowest BCUT2D eigenvalue weighted by molar-refractivity contribution is 0.584. The van der Waals surface area contributed by atoms with Gasteiger partial charge >= 0.3 is 0 Å². The lowest BCUT2D eigenvalue weighted by atomic mass is 10.2. The highest BCUT2D eigenvalue weighted by Crippen LogP contribution is 2.25. The van der Waals surface area contributed by atoms with Crippen LogP contribution in [0.2, 0.25) is 5.15 Å². The third kappa shape index (κ3) is 2.05. The molecule has 0 fully saturated rings. The predicted octanol–water partition coefficient (Wildman–Crippen LogP) is 2.52. The summed E-state index contributed by atoms with van der Waals surface area (Å²) in [4.78, 5) is 7.57. The van der Waals surface area contributed by atoms with Crippen molar-refractivity contribution in [1.82, 2.24) is 9.97 Å². The molecule has 0 spiro atoms. The molecular weight excluding hydrogens is 217 g/mol. The Labute approximate surface area is 90.7 Å². The van der Waals surface area contributed by atoms with E-state index in [0.29, 0.717) is 16.9 Å². The molecule has 0 aliphatic carbocycles. The van der Waals surface area contributed by atoms with Crippen molar-refractivity contribution >= 4 is 17.3 Å². The normalized spacial score (nSPS) is 10.3. The van der Waals surface area contributed by atoms with Gasteiger partial charge in [0.05, 0.1) is 5.69 Å². The van der Waals surface area contributed by atoms with E-state index >= 15 is 0 Å². The van der Waals surface area contributed by atoms with Crippen molar-refractivity contribution in [3.63, 3.8) is 0 Å². The molecule has 0 amide bonds. The molecule has 0 atom stereocenters. The predicted molar refractivity (Wildman–Crippen MR) is 56.8 cm³/mol. The van der Waals surface area contributed by atoms with Gasteiger partial charge in [0.15, 0.2) is 0 Å². The summed E-state index contributed by atoms with van der Waals surface area (Å²) in [5.74, 6) is -0.618. The Kier molecular flexibility index (Phi) is 2.51. The number of hydrogen-bond donors (Lipinski definition) is 1. The zero-order valence-electron chi connectivity index (χ0n) is 7.61. The quantitative estimate of drug-likeness (QED) is 0.756. The molecule has 0 aliphatic heterocycles. The first-order chi connectivity index (χ1) is 7.16. The van der Waals surface area contributed by atoms with Crippen molar-refractivity contribution in [3.05, 3.63) is 41.6 Å². The summed E-state index contributed by atoms with van der Waals surface area (Å²) in [5.41, 5.74) is 7.31. The fourth-order valence-corrected chi connectivity index (χ4v) is 1.44. The Hall–Kier alpha value is -1.68. The molecule has 0 saturated carbocycles. The van der Waals surface area contributed by atoms with Crippen molar-refractivity contribution < 1.29 is 4.39 Å². The molecule has 0 unspecified atom stereocenters. The number of hydrogen-bond acceptors (Lipinski definition) is 3. The van der Waals surface area contributed by atoms with Gasteiger partial charge in [-0.15, -0.1) is 0 Å². The molecule has 0 aromatic carbocycles. The van der Waals surface area contributed by atoms with Gasteiger partial charge < -0.3 is 5.73 Å². The van der Waals surface area contributed by atoms with Crippen LogP contribution in [-0.2, 0) is 0 Å². The third-order valence-electron chi connectivity index (χ3n) is 1.87. The minimum Gasteiger partial charge on any atom is -0.399 e. The fourth-order valence-electron chi connectivity index (χ4n) is 1.20. The monoisotopic (exact) mass is 223 g/mol. The molecule has 15 heavy (non-hydrogen) atoms. The number of halogens is 2. The van der Waals surface area contributed by atoms with Gasteiger partial charge in [-0.3, -0.25) is 4.98 Å². The van der Waals surface area contributed by atoms with E-state index in [1.165, 1.54) is 12.1 Å². The average Bonchev–Trinajstić information content (AvgIpc) is 2.17. The van der Waals surface area contributed by atoms with Crippen LogP contribution >= 0.6 is 11.6 Å². The molecule has 0 aliphatic rings. The Balaban J connectivity index is 2.54. The van der Waals surface area contributed by atoms with Crippen LogP contribution in [0.1, 0.15) is 0 Å². The van der Waals surface area contributed by atoms with E-state index in [4.69, 9.17) is 17.3 Å². The largest absolute Gasteiger partial charge is 0.399 e. The summed E-state index contributed by atoms with van der Waals surface area (Å²) in [6, 6.07) is 6.06. The van der Waals surface area contributed by atoms with E-state index in [-0.39, 0.29) is 5.15 Å². The van der Waals surface area contributed by atoms with Crippen LogP contribution < -0.4 is 5.73 Å². The van der Waals surface area contributed by atoms with Gasteiger partial charge in [-0.1, -0.05) is 11.6 Å². The molecule has 2 N–H and O–H groups in total. The van der Waals surface area contributed by atoms with Crippen LogP contribution in [0.4, 0.5) is 10.1 Å². The Morgan fingerprint density at radius 3 is 2.73 bits per heavy atom. The Morgan fingerprint density at radius 1 is 1.27 bits per heavy atom. The minimum atomic E-state index is -0.618. The molecule has 2 aromatic rings. The molecule has 2 rings (SSSR count). The van der Waals surface area contributed by atoms with Crippen LogP contribution in [0, 0.1) is 5.95 Å². The van der Waals surface area contributed by atoms with Gasteiger partial charge in [-0.2, -0.15) is 4.39 Å². The van der Waals surface area contributed by atoms with Crippen LogP contribution in [-0.4, -0.2) is 9.97 Å². The zero-order valence-corrected chi connectivity index (χ0v) is 8.37. The number of aromatic nitrogens is 2. The molecular formula is C10H7ClFN3. The van der Waals surface area contributed by atoms with Gasteiger partial charge in [0.2, 0.25) is 5.95 Å². The highest BCUT2D eigenvalue weighted by molar-refractivity contribution is 6.32. The molecule has 2 aromatic heterocycles. The number of rotatable bonds is 1. The van der Waals surface area contributed by atoms with Gasteiger partial charge in [0.1, 0.15) is 5.15 Å². The Morgan fingerprint density at radius 2 is 2.07 bits per heavy atom. The van der Waals surface area contributed by atoms with E-state index < -0.39 is 5.95 Å². The number of nitrogens with two attached hydrogens (primary N) is 1. The maximum atomic E-state index is 12.7. The topological polar surface area (TPSA) is 51.8 Å². The summed E-state index contributed by atoms with van der Waals surface area (Å²) in [7, 11) is 0. The molecule has 76 valence electrons. The number of anilines is 1. The summed E-state index contributed by atoms with van der Waals surface area (Å²) >= 11 is 5.78. The summed E-state index contributed by atoms with van der Waals surface area (Å²) < 4.78 is 12.7.